The number of hydrogen-bond donors (Lipinski definition) is 2. The highest BCUT2D eigenvalue weighted by Crippen LogP contribution is 2.24. The Hall–Kier alpha value is -2.94. The van der Waals surface area contributed by atoms with Crippen LogP contribution in [0.5, 0.6) is 0 Å². The maximum atomic E-state index is 11.6. The molecule has 2 rings (SSSR count). The topological polar surface area (TPSA) is 98.9 Å². The molecule has 0 bridgehead atoms. The molecule has 2 N–H and O–H groups in total. The van der Waals surface area contributed by atoms with E-state index in [-0.39, 0.29) is 11.6 Å². The van der Waals surface area contributed by atoms with Crippen LogP contribution in [-0.4, -0.2) is 21.0 Å². The Balaban J connectivity index is 2.40. The van der Waals surface area contributed by atoms with Crippen molar-refractivity contribution < 1.29 is 9.90 Å². The first-order valence-electron chi connectivity index (χ1n) is 5.86. The molecule has 0 aliphatic rings. The fourth-order valence-electron chi connectivity index (χ4n) is 1.73. The predicted octanol–water partition coefficient (Wildman–Crippen LogP) is 1.76. The van der Waals surface area contributed by atoms with Crippen LogP contribution in [-0.2, 0) is 10.3 Å². The molecule has 0 spiro atoms. The number of nitriles is 1. The number of carboxylic acid groups (broad SMARTS) is 1. The standard InChI is InChI=1S/C14H12N4O2/c1-14(12(19)20,10-5-3-2-4-6-10)18-13-16-8-7-11(9-15)17-13/h2-8H,1H3,(H,19,20)(H,16,17,18). The average molecular weight is 268 g/mol. The van der Waals surface area contributed by atoms with E-state index >= 15 is 0 Å². The SMILES string of the molecule is CC(Nc1nccc(C#N)n1)(C(=O)O)c1ccccc1. The van der Waals surface area contributed by atoms with Crippen LogP contribution in [0, 0.1) is 11.3 Å². The Kier molecular flexibility index (Phi) is 3.62. The fourth-order valence-corrected chi connectivity index (χ4v) is 1.73. The summed E-state index contributed by atoms with van der Waals surface area (Å²) in [6.07, 6.45) is 1.40. The van der Waals surface area contributed by atoms with Crippen molar-refractivity contribution in [3.8, 4) is 6.07 Å². The number of hydrogen-bond acceptors (Lipinski definition) is 5. The second-order valence-electron chi connectivity index (χ2n) is 4.30. The summed E-state index contributed by atoms with van der Waals surface area (Å²) in [6.45, 7) is 1.52. The molecule has 6 nitrogen and oxygen atoms in total. The van der Waals surface area contributed by atoms with E-state index in [4.69, 9.17) is 5.26 Å². The molecule has 0 amide bonds. The largest absolute Gasteiger partial charge is 0.479 e. The molecule has 0 fully saturated rings. The minimum absolute atomic E-state index is 0.0952. The maximum Gasteiger partial charge on any atom is 0.333 e. The highest BCUT2D eigenvalue weighted by Gasteiger charge is 2.35. The molecule has 1 unspecified atom stereocenters. The van der Waals surface area contributed by atoms with Crippen LogP contribution in [0.25, 0.3) is 0 Å². The highest BCUT2D eigenvalue weighted by molar-refractivity contribution is 5.83. The number of aliphatic carboxylic acids is 1. The van der Waals surface area contributed by atoms with Crippen molar-refractivity contribution in [1.29, 1.82) is 5.26 Å². The summed E-state index contributed by atoms with van der Waals surface area (Å²) >= 11 is 0. The van der Waals surface area contributed by atoms with Gasteiger partial charge in [-0.1, -0.05) is 30.3 Å². The van der Waals surface area contributed by atoms with Crippen molar-refractivity contribution in [3.05, 3.63) is 53.9 Å². The molecular formula is C14H12N4O2. The molecule has 1 aromatic heterocycles. The molecule has 0 saturated heterocycles. The third-order valence-electron chi connectivity index (χ3n) is 2.91. The van der Waals surface area contributed by atoms with E-state index in [1.165, 1.54) is 19.2 Å². The zero-order valence-electron chi connectivity index (χ0n) is 10.7. The molecule has 1 atom stereocenters. The highest BCUT2D eigenvalue weighted by atomic mass is 16.4. The predicted molar refractivity (Wildman–Crippen MR) is 71.8 cm³/mol. The number of nitrogens with zero attached hydrogens (tertiary/aromatic N) is 3. The van der Waals surface area contributed by atoms with Crippen molar-refractivity contribution in [1.82, 2.24) is 9.97 Å². The van der Waals surface area contributed by atoms with E-state index in [1.54, 1.807) is 30.3 Å². The summed E-state index contributed by atoms with van der Waals surface area (Å²) in [5.74, 6) is -0.965. The van der Waals surface area contributed by atoms with Gasteiger partial charge in [0.15, 0.2) is 5.54 Å². The van der Waals surface area contributed by atoms with Crippen molar-refractivity contribution in [2.45, 2.75) is 12.5 Å². The van der Waals surface area contributed by atoms with Gasteiger partial charge >= 0.3 is 5.97 Å². The van der Waals surface area contributed by atoms with E-state index < -0.39 is 11.5 Å². The number of carbonyl (C=O) groups is 1. The van der Waals surface area contributed by atoms with Gasteiger partial charge in [0, 0.05) is 6.20 Å². The number of anilines is 1. The number of nitrogens with one attached hydrogen (secondary N) is 1. The van der Waals surface area contributed by atoms with Gasteiger partial charge in [-0.25, -0.2) is 14.8 Å². The molecule has 100 valence electrons. The number of carboxylic acids is 1. The molecule has 1 aromatic carbocycles. The molecule has 1 heterocycles. The monoisotopic (exact) mass is 268 g/mol. The molecule has 0 aliphatic carbocycles. The fraction of sp³-hybridized carbons (Fsp3) is 0.143. The Labute approximate surface area is 115 Å². The summed E-state index contributed by atoms with van der Waals surface area (Å²) in [5, 5.41) is 21.1. The van der Waals surface area contributed by atoms with E-state index in [0.29, 0.717) is 5.56 Å². The minimum Gasteiger partial charge on any atom is -0.479 e. The minimum atomic E-state index is -1.38. The van der Waals surface area contributed by atoms with Gasteiger partial charge in [0.1, 0.15) is 11.8 Å². The van der Waals surface area contributed by atoms with Crippen LogP contribution < -0.4 is 5.32 Å². The van der Waals surface area contributed by atoms with E-state index in [0.717, 1.165) is 0 Å². The smallest absolute Gasteiger partial charge is 0.333 e. The van der Waals surface area contributed by atoms with Crippen LogP contribution >= 0.6 is 0 Å². The van der Waals surface area contributed by atoms with Crippen LogP contribution in [0.2, 0.25) is 0 Å². The van der Waals surface area contributed by atoms with Crippen molar-refractivity contribution in [2.24, 2.45) is 0 Å². The normalized spacial score (nSPS) is 13.0. The van der Waals surface area contributed by atoms with Crippen LogP contribution in [0.15, 0.2) is 42.6 Å². The summed E-state index contributed by atoms with van der Waals surface area (Å²) in [5.41, 5.74) is -0.642. The Bertz CT molecular complexity index is 666. The Morgan fingerprint density at radius 1 is 1.35 bits per heavy atom. The first kappa shape index (κ1) is 13.5. The molecular weight excluding hydrogens is 256 g/mol. The summed E-state index contributed by atoms with van der Waals surface area (Å²) in [4.78, 5) is 19.5. The Morgan fingerprint density at radius 2 is 2.05 bits per heavy atom. The van der Waals surface area contributed by atoms with Gasteiger partial charge in [-0.05, 0) is 18.6 Å². The van der Waals surface area contributed by atoms with E-state index in [9.17, 15) is 9.90 Å². The molecule has 0 saturated carbocycles. The Morgan fingerprint density at radius 3 is 2.65 bits per heavy atom. The second kappa shape index (κ2) is 5.36. The van der Waals surface area contributed by atoms with Gasteiger partial charge in [-0.3, -0.25) is 0 Å². The molecule has 0 aliphatic heterocycles. The first-order chi connectivity index (χ1) is 9.56. The van der Waals surface area contributed by atoms with Crippen molar-refractivity contribution in [3.63, 3.8) is 0 Å². The lowest BCUT2D eigenvalue weighted by Gasteiger charge is -2.26. The van der Waals surface area contributed by atoms with E-state index in [2.05, 4.69) is 15.3 Å². The number of benzene rings is 1. The van der Waals surface area contributed by atoms with Gasteiger partial charge in [-0.15, -0.1) is 0 Å². The zero-order chi connectivity index (χ0) is 14.6. The average Bonchev–Trinajstić information content (AvgIpc) is 2.48. The summed E-state index contributed by atoms with van der Waals surface area (Å²) in [6, 6.07) is 12.1. The van der Waals surface area contributed by atoms with Crippen molar-refractivity contribution in [2.75, 3.05) is 5.32 Å². The zero-order valence-corrected chi connectivity index (χ0v) is 10.7. The van der Waals surface area contributed by atoms with Crippen LogP contribution in [0.4, 0.5) is 5.95 Å². The second-order valence-corrected chi connectivity index (χ2v) is 4.30. The van der Waals surface area contributed by atoms with Crippen LogP contribution in [0.3, 0.4) is 0 Å². The van der Waals surface area contributed by atoms with Gasteiger partial charge in [-0.2, -0.15) is 5.26 Å². The third kappa shape index (κ3) is 2.57. The maximum absolute atomic E-state index is 11.6. The lowest BCUT2D eigenvalue weighted by molar-refractivity contribution is -0.142. The summed E-state index contributed by atoms with van der Waals surface area (Å²) < 4.78 is 0. The van der Waals surface area contributed by atoms with Gasteiger partial charge in [0.25, 0.3) is 0 Å². The lowest BCUT2D eigenvalue weighted by Crippen LogP contribution is -2.41. The molecule has 20 heavy (non-hydrogen) atoms. The number of rotatable bonds is 4. The summed E-state index contributed by atoms with van der Waals surface area (Å²) in [7, 11) is 0. The first-order valence-corrected chi connectivity index (χ1v) is 5.86. The van der Waals surface area contributed by atoms with E-state index in [1.807, 2.05) is 6.07 Å². The molecule has 6 heteroatoms. The quantitative estimate of drug-likeness (QED) is 0.876. The third-order valence-corrected chi connectivity index (χ3v) is 2.91. The molecule has 2 aromatic rings. The van der Waals surface area contributed by atoms with Crippen LogP contribution in [0.1, 0.15) is 18.2 Å². The number of aromatic nitrogens is 2. The lowest BCUT2D eigenvalue weighted by atomic mass is 9.92. The van der Waals surface area contributed by atoms with Gasteiger partial charge < -0.3 is 10.4 Å². The molecule has 0 radical (unpaired) electrons. The van der Waals surface area contributed by atoms with Gasteiger partial charge in [0.05, 0.1) is 0 Å². The van der Waals surface area contributed by atoms with Crippen molar-refractivity contribution >= 4 is 11.9 Å². The van der Waals surface area contributed by atoms with Gasteiger partial charge in [0.2, 0.25) is 5.95 Å².